The number of carbonyl (C=O) groups excluding carboxylic acids is 1. The molecule has 1 aliphatic rings. The molecule has 0 spiro atoms. The van der Waals surface area contributed by atoms with Crippen LogP contribution in [0.4, 0.5) is 5.82 Å². The normalized spacial score (nSPS) is 14.9. The van der Waals surface area contributed by atoms with Gasteiger partial charge in [0.15, 0.2) is 5.96 Å². The smallest absolute Gasteiger partial charge is 0.220 e. The topological polar surface area (TPSA) is 109 Å². The number of anilines is 1. The summed E-state index contributed by atoms with van der Waals surface area (Å²) >= 11 is 1.67. The van der Waals surface area contributed by atoms with Crippen molar-refractivity contribution in [2.75, 3.05) is 31.6 Å². The van der Waals surface area contributed by atoms with E-state index >= 15 is 0 Å². The number of rotatable bonds is 7. The van der Waals surface area contributed by atoms with Crippen molar-refractivity contribution in [2.45, 2.75) is 32.7 Å². The number of aromatic nitrogens is 2. The van der Waals surface area contributed by atoms with E-state index in [9.17, 15) is 4.79 Å². The van der Waals surface area contributed by atoms with Gasteiger partial charge in [0, 0.05) is 62.7 Å². The third kappa shape index (κ3) is 6.79. The number of aliphatic imine (C=N–C) groups is 1. The average Bonchev–Trinajstić information content (AvgIpc) is 3.16. The summed E-state index contributed by atoms with van der Waals surface area (Å²) in [5, 5.41) is 9.88. The standard InChI is InChI=1S/C20H29N7OS.HI/c1-14-26-17(13-29-14)5-9-24-20(22-2)25-12-16-4-3-8-23-19(16)27-10-6-15(7-11-27)18(21)28;/h3-4,8,13,15H,5-7,9-12H2,1-2H3,(H2,21,28)(H2,22,24,25);1H. The summed E-state index contributed by atoms with van der Waals surface area (Å²) in [4.78, 5) is 27.0. The second kappa shape index (κ2) is 12.0. The van der Waals surface area contributed by atoms with Crippen molar-refractivity contribution < 1.29 is 4.79 Å². The number of hydrogen-bond donors (Lipinski definition) is 3. The van der Waals surface area contributed by atoms with Crippen molar-refractivity contribution in [3.63, 3.8) is 0 Å². The molecule has 8 nitrogen and oxygen atoms in total. The lowest BCUT2D eigenvalue weighted by atomic mass is 9.96. The van der Waals surface area contributed by atoms with Gasteiger partial charge in [0.25, 0.3) is 0 Å². The Labute approximate surface area is 198 Å². The Hall–Kier alpha value is -1.95. The lowest BCUT2D eigenvalue weighted by Gasteiger charge is -2.32. The lowest BCUT2D eigenvalue weighted by molar-refractivity contribution is -0.122. The number of piperidine rings is 1. The van der Waals surface area contributed by atoms with Gasteiger partial charge in [-0.05, 0) is 25.8 Å². The average molecular weight is 543 g/mol. The van der Waals surface area contributed by atoms with Crippen LogP contribution in [0.5, 0.6) is 0 Å². The van der Waals surface area contributed by atoms with Gasteiger partial charge in [-0.3, -0.25) is 9.79 Å². The molecule has 164 valence electrons. The Kier molecular flexibility index (Phi) is 9.76. The summed E-state index contributed by atoms with van der Waals surface area (Å²) in [6.07, 6.45) is 4.22. The van der Waals surface area contributed by atoms with E-state index in [0.717, 1.165) is 66.9 Å². The molecule has 4 N–H and O–H groups in total. The van der Waals surface area contributed by atoms with Crippen molar-refractivity contribution >= 4 is 53.0 Å². The summed E-state index contributed by atoms with van der Waals surface area (Å²) < 4.78 is 0. The van der Waals surface area contributed by atoms with Crippen LogP contribution in [0.15, 0.2) is 28.7 Å². The van der Waals surface area contributed by atoms with Crippen LogP contribution in [0.3, 0.4) is 0 Å². The predicted molar refractivity (Wildman–Crippen MR) is 133 cm³/mol. The highest BCUT2D eigenvalue weighted by atomic mass is 127. The Morgan fingerprint density at radius 3 is 2.77 bits per heavy atom. The molecule has 0 atom stereocenters. The predicted octanol–water partition coefficient (Wildman–Crippen LogP) is 2.07. The molecule has 1 fully saturated rings. The molecule has 0 bridgehead atoms. The highest BCUT2D eigenvalue weighted by molar-refractivity contribution is 14.0. The number of nitrogens with two attached hydrogens (primary N) is 1. The molecular formula is C20H30IN7OS. The van der Waals surface area contributed by atoms with Gasteiger partial charge in [-0.2, -0.15) is 0 Å². The van der Waals surface area contributed by atoms with Crippen LogP contribution in [0.1, 0.15) is 29.1 Å². The molecule has 3 heterocycles. The van der Waals surface area contributed by atoms with Crippen LogP contribution in [0.25, 0.3) is 0 Å². The molecule has 2 aromatic rings. The van der Waals surface area contributed by atoms with Crippen molar-refractivity contribution in [3.8, 4) is 0 Å². The number of thiazole rings is 1. The molecule has 1 aliphatic heterocycles. The minimum atomic E-state index is -0.199. The Balaban J connectivity index is 0.00000320. The maximum Gasteiger partial charge on any atom is 0.220 e. The fraction of sp³-hybridized carbons (Fsp3) is 0.500. The zero-order valence-electron chi connectivity index (χ0n) is 17.4. The molecule has 10 heteroatoms. The van der Waals surface area contributed by atoms with E-state index in [1.807, 2.05) is 19.2 Å². The fourth-order valence-electron chi connectivity index (χ4n) is 3.46. The number of nitrogens with one attached hydrogen (secondary N) is 2. The molecule has 1 saturated heterocycles. The zero-order chi connectivity index (χ0) is 20.6. The Morgan fingerprint density at radius 2 is 2.13 bits per heavy atom. The van der Waals surface area contributed by atoms with Crippen LogP contribution >= 0.6 is 35.3 Å². The monoisotopic (exact) mass is 543 g/mol. The van der Waals surface area contributed by atoms with Crippen LogP contribution in [0, 0.1) is 12.8 Å². The summed E-state index contributed by atoms with van der Waals surface area (Å²) in [6, 6.07) is 4.01. The maximum absolute atomic E-state index is 11.4. The largest absolute Gasteiger partial charge is 0.369 e. The molecule has 0 unspecified atom stereocenters. The first-order valence-electron chi connectivity index (χ1n) is 9.90. The molecular weight excluding hydrogens is 513 g/mol. The van der Waals surface area contributed by atoms with Gasteiger partial charge < -0.3 is 21.3 Å². The summed E-state index contributed by atoms with van der Waals surface area (Å²) in [5.41, 5.74) is 7.65. The second-order valence-electron chi connectivity index (χ2n) is 7.11. The van der Waals surface area contributed by atoms with Gasteiger partial charge in [-0.15, -0.1) is 35.3 Å². The van der Waals surface area contributed by atoms with Crippen LogP contribution in [0.2, 0.25) is 0 Å². The molecule has 0 radical (unpaired) electrons. The summed E-state index contributed by atoms with van der Waals surface area (Å²) in [5.74, 6) is 1.48. The van der Waals surface area contributed by atoms with E-state index in [1.54, 1.807) is 18.4 Å². The number of guanidine groups is 1. The summed E-state index contributed by atoms with van der Waals surface area (Å²) in [6.45, 7) is 4.98. The maximum atomic E-state index is 11.4. The van der Waals surface area contributed by atoms with Gasteiger partial charge >= 0.3 is 0 Å². The van der Waals surface area contributed by atoms with Gasteiger partial charge in [0.1, 0.15) is 5.82 Å². The number of amides is 1. The quantitative estimate of drug-likeness (QED) is 0.281. The van der Waals surface area contributed by atoms with Crippen LogP contribution < -0.4 is 21.3 Å². The molecule has 30 heavy (non-hydrogen) atoms. The highest BCUT2D eigenvalue weighted by Gasteiger charge is 2.24. The number of carbonyl (C=O) groups is 1. The number of primary amides is 1. The SMILES string of the molecule is CN=C(NCCc1csc(C)n1)NCc1cccnc1N1CCC(C(N)=O)CC1.I. The number of aryl methyl sites for hydroxylation is 1. The van der Waals surface area contributed by atoms with Gasteiger partial charge in [-0.1, -0.05) is 6.07 Å². The minimum absolute atomic E-state index is 0. The van der Waals surface area contributed by atoms with Crippen LogP contribution in [-0.2, 0) is 17.8 Å². The fourth-order valence-corrected chi connectivity index (χ4v) is 4.11. The van der Waals surface area contributed by atoms with E-state index in [1.165, 1.54) is 0 Å². The highest BCUT2D eigenvalue weighted by Crippen LogP contribution is 2.24. The minimum Gasteiger partial charge on any atom is -0.369 e. The van der Waals surface area contributed by atoms with Gasteiger partial charge in [0.05, 0.1) is 10.7 Å². The number of nitrogens with zero attached hydrogens (tertiary/aromatic N) is 4. The summed E-state index contributed by atoms with van der Waals surface area (Å²) in [7, 11) is 1.76. The first kappa shape index (κ1) is 24.3. The van der Waals surface area contributed by atoms with Crippen molar-refractivity contribution in [1.29, 1.82) is 0 Å². The van der Waals surface area contributed by atoms with E-state index in [2.05, 4.69) is 41.9 Å². The molecule has 0 aromatic carbocycles. The molecule has 0 aliphatic carbocycles. The van der Waals surface area contributed by atoms with Crippen molar-refractivity contribution in [3.05, 3.63) is 40.0 Å². The third-order valence-electron chi connectivity index (χ3n) is 5.07. The Morgan fingerprint density at radius 1 is 1.37 bits per heavy atom. The number of hydrogen-bond acceptors (Lipinski definition) is 6. The van der Waals surface area contributed by atoms with E-state index in [-0.39, 0.29) is 35.8 Å². The first-order chi connectivity index (χ1) is 14.1. The van der Waals surface area contributed by atoms with E-state index < -0.39 is 0 Å². The third-order valence-corrected chi connectivity index (χ3v) is 5.90. The van der Waals surface area contributed by atoms with Crippen molar-refractivity contribution in [1.82, 2.24) is 20.6 Å². The molecule has 3 rings (SSSR count). The zero-order valence-corrected chi connectivity index (χ0v) is 20.6. The molecule has 2 aromatic heterocycles. The first-order valence-corrected chi connectivity index (χ1v) is 10.8. The van der Waals surface area contributed by atoms with Gasteiger partial charge in [-0.25, -0.2) is 9.97 Å². The Bertz CT molecular complexity index is 849. The van der Waals surface area contributed by atoms with Gasteiger partial charge in [0.2, 0.25) is 5.91 Å². The molecule has 0 saturated carbocycles. The van der Waals surface area contributed by atoms with Crippen molar-refractivity contribution in [2.24, 2.45) is 16.6 Å². The molecule has 1 amide bonds. The lowest BCUT2D eigenvalue weighted by Crippen LogP contribution is -2.40. The van der Waals surface area contributed by atoms with Crippen LogP contribution in [-0.4, -0.2) is 48.5 Å². The van der Waals surface area contributed by atoms with E-state index in [0.29, 0.717) is 6.54 Å². The number of pyridine rings is 1. The second-order valence-corrected chi connectivity index (χ2v) is 8.17. The number of halogens is 1. The van der Waals surface area contributed by atoms with E-state index in [4.69, 9.17) is 5.73 Å².